The number of rotatable bonds is 8. The molecule has 0 saturated carbocycles. The lowest BCUT2D eigenvalue weighted by Crippen LogP contribution is -2.44. The van der Waals surface area contributed by atoms with E-state index < -0.39 is 0 Å². The van der Waals surface area contributed by atoms with E-state index in [1.807, 2.05) is 6.07 Å². The van der Waals surface area contributed by atoms with Crippen LogP contribution < -0.4 is 25.0 Å². The molecule has 0 spiro atoms. The summed E-state index contributed by atoms with van der Waals surface area (Å²) in [4.78, 5) is 28.6. The molecule has 3 amide bonds. The quantitative estimate of drug-likeness (QED) is 0.659. The molecule has 8 heteroatoms. The van der Waals surface area contributed by atoms with Crippen molar-refractivity contribution < 1.29 is 19.1 Å². The number of hydrogen-bond donors (Lipinski definition) is 2. The highest BCUT2D eigenvalue weighted by molar-refractivity contribution is 5.97. The number of carbonyl (C=O) groups is 2. The third-order valence-corrected chi connectivity index (χ3v) is 5.27. The van der Waals surface area contributed by atoms with Crippen LogP contribution in [0, 0.1) is 0 Å². The van der Waals surface area contributed by atoms with E-state index in [0.29, 0.717) is 24.6 Å². The van der Waals surface area contributed by atoms with Gasteiger partial charge in [0, 0.05) is 31.3 Å². The molecule has 2 saturated heterocycles. The zero-order chi connectivity index (χ0) is 19.9. The van der Waals surface area contributed by atoms with Crippen LogP contribution in [0.25, 0.3) is 0 Å². The predicted octanol–water partition coefficient (Wildman–Crippen LogP) is 1.59. The van der Waals surface area contributed by atoms with Crippen molar-refractivity contribution >= 4 is 17.6 Å². The minimum Gasteiger partial charge on any atom is -0.493 e. The molecule has 0 aliphatic carbocycles. The number of ether oxygens (including phenoxy) is 2. The van der Waals surface area contributed by atoms with E-state index in [1.54, 1.807) is 31.3 Å². The number of likely N-dealkylation sites (tertiary alicyclic amines) is 1. The van der Waals surface area contributed by atoms with Crippen molar-refractivity contribution in [1.82, 2.24) is 15.5 Å². The van der Waals surface area contributed by atoms with E-state index in [0.717, 1.165) is 18.7 Å². The van der Waals surface area contributed by atoms with Crippen molar-refractivity contribution in [2.75, 3.05) is 51.8 Å². The summed E-state index contributed by atoms with van der Waals surface area (Å²) in [5.74, 6) is 1.16. The summed E-state index contributed by atoms with van der Waals surface area (Å²) in [6.45, 7) is 4.44. The van der Waals surface area contributed by atoms with E-state index in [9.17, 15) is 9.59 Å². The second-order valence-electron chi connectivity index (χ2n) is 7.25. The first-order chi connectivity index (χ1) is 13.6. The van der Waals surface area contributed by atoms with Gasteiger partial charge in [-0.2, -0.15) is 0 Å². The van der Waals surface area contributed by atoms with Gasteiger partial charge in [0.1, 0.15) is 0 Å². The van der Waals surface area contributed by atoms with Crippen molar-refractivity contribution in [2.24, 2.45) is 0 Å². The Kier molecular flexibility index (Phi) is 6.97. The zero-order valence-corrected chi connectivity index (χ0v) is 16.7. The molecule has 0 aromatic heterocycles. The molecule has 0 radical (unpaired) electrons. The average molecular weight is 390 g/mol. The first-order valence-electron chi connectivity index (χ1n) is 9.90. The molecular formula is C20H30N4O4. The number of methoxy groups -OCH3 is 2. The van der Waals surface area contributed by atoms with Crippen molar-refractivity contribution in [3.8, 4) is 11.5 Å². The summed E-state index contributed by atoms with van der Waals surface area (Å²) in [5.41, 5.74) is 0.734. The number of nitrogens with zero attached hydrogens (tertiary/aromatic N) is 2. The van der Waals surface area contributed by atoms with Crippen LogP contribution >= 0.6 is 0 Å². The maximum absolute atomic E-state index is 12.4. The van der Waals surface area contributed by atoms with E-state index in [2.05, 4.69) is 15.5 Å². The SMILES string of the molecule is COc1ccc(N2CC(NC(=O)NCCCN3CCCC3)CC2=O)cc1OC. The number of nitrogens with one attached hydrogen (secondary N) is 2. The summed E-state index contributed by atoms with van der Waals surface area (Å²) in [6, 6.07) is 4.94. The summed E-state index contributed by atoms with van der Waals surface area (Å²) in [7, 11) is 3.13. The fourth-order valence-electron chi connectivity index (χ4n) is 3.79. The predicted molar refractivity (Wildman–Crippen MR) is 107 cm³/mol. The van der Waals surface area contributed by atoms with E-state index in [1.165, 1.54) is 25.9 Å². The van der Waals surface area contributed by atoms with Crippen molar-refractivity contribution in [1.29, 1.82) is 0 Å². The van der Waals surface area contributed by atoms with Crippen LogP contribution in [0.5, 0.6) is 11.5 Å². The number of anilines is 1. The number of benzene rings is 1. The monoisotopic (exact) mass is 390 g/mol. The molecular weight excluding hydrogens is 360 g/mol. The van der Waals surface area contributed by atoms with Gasteiger partial charge in [0.05, 0.1) is 20.3 Å². The van der Waals surface area contributed by atoms with Crippen molar-refractivity contribution in [2.45, 2.75) is 31.7 Å². The molecule has 1 aromatic rings. The molecule has 2 aliphatic heterocycles. The van der Waals surface area contributed by atoms with E-state index in [-0.39, 0.29) is 24.4 Å². The largest absolute Gasteiger partial charge is 0.493 e. The third-order valence-electron chi connectivity index (χ3n) is 5.27. The lowest BCUT2D eigenvalue weighted by Gasteiger charge is -2.19. The van der Waals surface area contributed by atoms with Crippen LogP contribution in [0.15, 0.2) is 18.2 Å². The van der Waals surface area contributed by atoms with E-state index >= 15 is 0 Å². The molecule has 28 heavy (non-hydrogen) atoms. The van der Waals surface area contributed by atoms with Gasteiger partial charge in [0.15, 0.2) is 11.5 Å². The molecule has 1 aromatic carbocycles. The molecule has 154 valence electrons. The van der Waals surface area contributed by atoms with Gasteiger partial charge in [-0.3, -0.25) is 4.79 Å². The standard InChI is InChI=1S/C20H30N4O4/c1-27-17-7-6-16(13-18(17)28-2)24-14-15(12-19(24)25)22-20(26)21-8-5-11-23-9-3-4-10-23/h6-7,13,15H,3-5,8-12,14H2,1-2H3,(H2,21,22,26). The van der Waals surface area contributed by atoms with Gasteiger partial charge in [-0.05, 0) is 51.0 Å². The van der Waals surface area contributed by atoms with Gasteiger partial charge in [0.2, 0.25) is 5.91 Å². The highest BCUT2D eigenvalue weighted by Gasteiger charge is 2.32. The van der Waals surface area contributed by atoms with Gasteiger partial charge >= 0.3 is 6.03 Å². The Hall–Kier alpha value is -2.48. The number of urea groups is 1. The Bertz CT molecular complexity index is 691. The minimum absolute atomic E-state index is 0.0217. The maximum Gasteiger partial charge on any atom is 0.315 e. The summed E-state index contributed by atoms with van der Waals surface area (Å²) >= 11 is 0. The van der Waals surface area contributed by atoms with Crippen LogP contribution in [0.2, 0.25) is 0 Å². The van der Waals surface area contributed by atoms with Crippen molar-refractivity contribution in [3.05, 3.63) is 18.2 Å². The molecule has 2 aliphatic rings. The van der Waals surface area contributed by atoms with Gasteiger partial charge in [-0.1, -0.05) is 0 Å². The zero-order valence-electron chi connectivity index (χ0n) is 16.7. The minimum atomic E-state index is -0.214. The van der Waals surface area contributed by atoms with E-state index in [4.69, 9.17) is 9.47 Å². The van der Waals surface area contributed by atoms with Gasteiger partial charge in [0.25, 0.3) is 0 Å². The number of amides is 3. The fraction of sp³-hybridized carbons (Fsp3) is 0.600. The first-order valence-corrected chi connectivity index (χ1v) is 9.90. The lowest BCUT2D eigenvalue weighted by molar-refractivity contribution is -0.117. The Morgan fingerprint density at radius 2 is 1.93 bits per heavy atom. The fourth-order valence-corrected chi connectivity index (χ4v) is 3.79. The van der Waals surface area contributed by atoms with Crippen LogP contribution in [0.1, 0.15) is 25.7 Å². The Morgan fingerprint density at radius 1 is 1.18 bits per heavy atom. The highest BCUT2D eigenvalue weighted by Crippen LogP contribution is 2.33. The molecule has 2 heterocycles. The smallest absolute Gasteiger partial charge is 0.315 e. The molecule has 8 nitrogen and oxygen atoms in total. The van der Waals surface area contributed by atoms with Gasteiger partial charge in [-0.25, -0.2) is 4.79 Å². The lowest BCUT2D eigenvalue weighted by atomic mass is 10.2. The number of hydrogen-bond acceptors (Lipinski definition) is 5. The summed E-state index contributed by atoms with van der Waals surface area (Å²) < 4.78 is 10.5. The Balaban J connectivity index is 1.45. The van der Waals surface area contributed by atoms with Crippen LogP contribution in [0.4, 0.5) is 10.5 Å². The highest BCUT2D eigenvalue weighted by atomic mass is 16.5. The van der Waals surface area contributed by atoms with Crippen molar-refractivity contribution in [3.63, 3.8) is 0 Å². The van der Waals surface area contributed by atoms with Crippen LogP contribution in [0.3, 0.4) is 0 Å². The summed E-state index contributed by atoms with van der Waals surface area (Å²) in [5, 5.41) is 5.80. The molecule has 1 atom stereocenters. The Morgan fingerprint density at radius 3 is 2.64 bits per heavy atom. The van der Waals surface area contributed by atoms with Gasteiger partial charge in [-0.15, -0.1) is 0 Å². The third kappa shape index (κ3) is 5.07. The molecule has 0 bridgehead atoms. The van der Waals surface area contributed by atoms with Crippen LogP contribution in [-0.4, -0.2) is 69.8 Å². The normalized spacial score (nSPS) is 19.7. The van der Waals surface area contributed by atoms with Gasteiger partial charge < -0.3 is 29.9 Å². The first kappa shape index (κ1) is 20.3. The second-order valence-corrected chi connectivity index (χ2v) is 7.25. The molecule has 2 N–H and O–H groups in total. The molecule has 3 rings (SSSR count). The topological polar surface area (TPSA) is 83.1 Å². The Labute approximate surface area is 166 Å². The molecule has 2 fully saturated rings. The molecule has 1 unspecified atom stereocenters. The number of carbonyl (C=O) groups excluding carboxylic acids is 2. The second kappa shape index (κ2) is 9.64. The summed E-state index contributed by atoms with van der Waals surface area (Å²) in [6.07, 6.45) is 3.78. The maximum atomic E-state index is 12.4. The van der Waals surface area contributed by atoms with Crippen LogP contribution in [-0.2, 0) is 4.79 Å². The average Bonchev–Trinajstić information content (AvgIpc) is 3.34.